The Morgan fingerprint density at radius 2 is 2.15 bits per heavy atom. The molecule has 27 heavy (non-hydrogen) atoms. The highest BCUT2D eigenvalue weighted by Gasteiger charge is 2.36. The van der Waals surface area contributed by atoms with Gasteiger partial charge in [0.1, 0.15) is 17.9 Å². The van der Waals surface area contributed by atoms with E-state index in [1.54, 1.807) is 18.1 Å². The molecule has 1 aromatic heterocycles. The number of methoxy groups -OCH3 is 1. The molecule has 3 rings (SSSR count). The topological polar surface area (TPSA) is 67.6 Å². The van der Waals surface area contributed by atoms with E-state index in [1.165, 1.54) is 31.2 Å². The van der Waals surface area contributed by atoms with Gasteiger partial charge in [-0.15, -0.1) is 0 Å². The SMILES string of the molecule is CN=C(NCC1(c2cccc(OC)c2)CCCC1)N(C)Cc1ncnn1C. The van der Waals surface area contributed by atoms with E-state index in [0.29, 0.717) is 6.54 Å². The Balaban J connectivity index is 1.72. The lowest BCUT2D eigenvalue weighted by molar-refractivity contribution is 0.394. The predicted octanol–water partition coefficient (Wildman–Crippen LogP) is 2.34. The number of rotatable bonds is 6. The zero-order valence-corrected chi connectivity index (χ0v) is 16.8. The third-order valence-electron chi connectivity index (χ3n) is 5.58. The summed E-state index contributed by atoms with van der Waals surface area (Å²) in [6, 6.07) is 8.50. The van der Waals surface area contributed by atoms with Gasteiger partial charge in [-0.25, -0.2) is 4.98 Å². The van der Waals surface area contributed by atoms with Crippen LogP contribution in [0, 0.1) is 0 Å². The number of hydrogen-bond acceptors (Lipinski definition) is 4. The van der Waals surface area contributed by atoms with E-state index in [4.69, 9.17) is 4.74 Å². The molecule has 0 saturated heterocycles. The van der Waals surface area contributed by atoms with Crippen molar-refractivity contribution in [3.63, 3.8) is 0 Å². The van der Waals surface area contributed by atoms with Gasteiger partial charge in [0.15, 0.2) is 5.96 Å². The minimum absolute atomic E-state index is 0.121. The van der Waals surface area contributed by atoms with E-state index in [-0.39, 0.29) is 5.41 Å². The molecule has 1 fully saturated rings. The molecule has 7 nitrogen and oxygen atoms in total. The second kappa shape index (κ2) is 8.41. The molecule has 146 valence electrons. The minimum atomic E-state index is 0.121. The summed E-state index contributed by atoms with van der Waals surface area (Å²) in [5.74, 6) is 2.69. The molecule has 1 aliphatic rings. The molecule has 0 atom stereocenters. The molecule has 7 heteroatoms. The Morgan fingerprint density at radius 1 is 1.37 bits per heavy atom. The fourth-order valence-corrected chi connectivity index (χ4v) is 3.96. The van der Waals surface area contributed by atoms with Crippen LogP contribution in [0.15, 0.2) is 35.6 Å². The molecule has 2 aromatic rings. The number of aryl methyl sites for hydroxylation is 1. The predicted molar refractivity (Wildman–Crippen MR) is 107 cm³/mol. The third-order valence-corrected chi connectivity index (χ3v) is 5.58. The summed E-state index contributed by atoms with van der Waals surface area (Å²) in [6.45, 7) is 1.51. The van der Waals surface area contributed by atoms with Crippen LogP contribution < -0.4 is 10.1 Å². The summed E-state index contributed by atoms with van der Waals surface area (Å²) in [6.07, 6.45) is 6.45. The third kappa shape index (κ3) is 4.23. The number of aromatic nitrogens is 3. The van der Waals surface area contributed by atoms with E-state index in [0.717, 1.165) is 24.1 Å². The lowest BCUT2D eigenvalue weighted by atomic mass is 9.78. The summed E-state index contributed by atoms with van der Waals surface area (Å²) in [5, 5.41) is 7.74. The maximum absolute atomic E-state index is 5.45. The molecule has 0 bridgehead atoms. The van der Waals surface area contributed by atoms with Crippen LogP contribution in [0.4, 0.5) is 0 Å². The molecule has 1 aliphatic carbocycles. The Labute approximate surface area is 161 Å². The van der Waals surface area contributed by atoms with Crippen molar-refractivity contribution in [1.82, 2.24) is 25.0 Å². The molecule has 0 amide bonds. The van der Waals surface area contributed by atoms with Gasteiger partial charge in [-0.05, 0) is 30.5 Å². The Hall–Kier alpha value is -2.57. The first-order valence-electron chi connectivity index (χ1n) is 9.47. The normalized spacial score (nSPS) is 16.4. The highest BCUT2D eigenvalue weighted by atomic mass is 16.5. The molecular formula is C20H30N6O. The molecule has 1 N–H and O–H groups in total. The van der Waals surface area contributed by atoms with E-state index >= 15 is 0 Å². The molecule has 0 spiro atoms. The van der Waals surface area contributed by atoms with Crippen molar-refractivity contribution in [2.75, 3.05) is 27.7 Å². The highest BCUT2D eigenvalue weighted by molar-refractivity contribution is 5.79. The number of nitrogens with one attached hydrogen (secondary N) is 1. The number of hydrogen-bond donors (Lipinski definition) is 1. The zero-order chi connectivity index (χ0) is 19.3. The van der Waals surface area contributed by atoms with Crippen molar-refractivity contribution in [2.45, 2.75) is 37.6 Å². The standard InChI is InChI=1S/C20H30N6O/c1-21-19(25(2)13-18-23-15-24-26(18)3)22-14-20(10-5-6-11-20)16-8-7-9-17(12-16)27-4/h7-9,12,15H,5-6,10-11,13-14H2,1-4H3,(H,21,22). The first kappa shape index (κ1) is 19.2. The Morgan fingerprint density at radius 3 is 2.78 bits per heavy atom. The second-order valence-corrected chi connectivity index (χ2v) is 7.28. The van der Waals surface area contributed by atoms with Crippen LogP contribution >= 0.6 is 0 Å². The van der Waals surface area contributed by atoms with Gasteiger partial charge < -0.3 is 15.0 Å². The molecule has 1 heterocycles. The second-order valence-electron chi connectivity index (χ2n) is 7.28. The largest absolute Gasteiger partial charge is 0.497 e. The smallest absolute Gasteiger partial charge is 0.193 e. The average molecular weight is 371 g/mol. The van der Waals surface area contributed by atoms with Crippen LogP contribution in [0.25, 0.3) is 0 Å². The molecule has 1 saturated carbocycles. The Kier molecular flexibility index (Phi) is 5.98. The summed E-state index contributed by atoms with van der Waals surface area (Å²) in [5.41, 5.74) is 1.47. The van der Waals surface area contributed by atoms with Gasteiger partial charge in [-0.1, -0.05) is 25.0 Å². The first-order chi connectivity index (χ1) is 13.1. The van der Waals surface area contributed by atoms with Crippen molar-refractivity contribution >= 4 is 5.96 Å². The van der Waals surface area contributed by atoms with Gasteiger partial charge in [0, 0.05) is 33.1 Å². The van der Waals surface area contributed by atoms with E-state index < -0.39 is 0 Å². The van der Waals surface area contributed by atoms with Crippen molar-refractivity contribution in [3.05, 3.63) is 42.0 Å². The maximum atomic E-state index is 5.45. The van der Waals surface area contributed by atoms with Crippen LogP contribution in [-0.4, -0.2) is 53.4 Å². The van der Waals surface area contributed by atoms with Crippen molar-refractivity contribution in [3.8, 4) is 5.75 Å². The molecule has 0 unspecified atom stereocenters. The molecule has 1 aromatic carbocycles. The van der Waals surface area contributed by atoms with E-state index in [2.05, 4.69) is 43.5 Å². The van der Waals surface area contributed by atoms with Crippen LogP contribution in [0.2, 0.25) is 0 Å². The van der Waals surface area contributed by atoms with Gasteiger partial charge in [-0.3, -0.25) is 9.67 Å². The number of nitrogens with zero attached hydrogens (tertiary/aromatic N) is 5. The lowest BCUT2D eigenvalue weighted by Gasteiger charge is -2.32. The van der Waals surface area contributed by atoms with Crippen molar-refractivity contribution in [1.29, 1.82) is 0 Å². The van der Waals surface area contributed by atoms with Gasteiger partial charge in [0.25, 0.3) is 0 Å². The van der Waals surface area contributed by atoms with Gasteiger partial charge in [0.2, 0.25) is 0 Å². The van der Waals surface area contributed by atoms with Crippen LogP contribution in [0.5, 0.6) is 5.75 Å². The number of benzene rings is 1. The fraction of sp³-hybridized carbons (Fsp3) is 0.550. The van der Waals surface area contributed by atoms with E-state index in [9.17, 15) is 0 Å². The minimum Gasteiger partial charge on any atom is -0.497 e. The summed E-state index contributed by atoms with van der Waals surface area (Å²) >= 11 is 0. The summed E-state index contributed by atoms with van der Waals surface area (Å²) < 4.78 is 7.24. The summed E-state index contributed by atoms with van der Waals surface area (Å²) in [7, 11) is 7.48. The van der Waals surface area contributed by atoms with Gasteiger partial charge in [-0.2, -0.15) is 5.10 Å². The number of ether oxygens (including phenoxy) is 1. The Bertz CT molecular complexity index is 778. The monoisotopic (exact) mass is 370 g/mol. The fourth-order valence-electron chi connectivity index (χ4n) is 3.96. The lowest BCUT2D eigenvalue weighted by Crippen LogP contribution is -2.45. The van der Waals surface area contributed by atoms with Crippen LogP contribution in [0.3, 0.4) is 0 Å². The highest BCUT2D eigenvalue weighted by Crippen LogP contribution is 2.41. The molecule has 0 aliphatic heterocycles. The van der Waals surface area contributed by atoms with Crippen molar-refractivity contribution in [2.24, 2.45) is 12.0 Å². The molecule has 0 radical (unpaired) electrons. The van der Waals surface area contributed by atoms with Crippen LogP contribution in [-0.2, 0) is 19.0 Å². The van der Waals surface area contributed by atoms with Gasteiger partial charge in [0.05, 0.1) is 13.7 Å². The number of aliphatic imine (C=N–C) groups is 1. The van der Waals surface area contributed by atoms with Crippen LogP contribution in [0.1, 0.15) is 37.1 Å². The summed E-state index contributed by atoms with van der Waals surface area (Å²) in [4.78, 5) is 10.9. The molecular weight excluding hydrogens is 340 g/mol. The van der Waals surface area contributed by atoms with Gasteiger partial charge >= 0.3 is 0 Å². The van der Waals surface area contributed by atoms with Crippen molar-refractivity contribution < 1.29 is 4.74 Å². The maximum Gasteiger partial charge on any atom is 0.193 e. The number of guanidine groups is 1. The average Bonchev–Trinajstić information content (AvgIpc) is 3.32. The first-order valence-corrected chi connectivity index (χ1v) is 9.47. The van der Waals surface area contributed by atoms with E-state index in [1.807, 2.05) is 27.2 Å². The quantitative estimate of drug-likeness (QED) is 0.624. The zero-order valence-electron chi connectivity index (χ0n) is 16.8.